The van der Waals surface area contributed by atoms with Crippen molar-refractivity contribution in [3.8, 4) is 0 Å². The van der Waals surface area contributed by atoms with Gasteiger partial charge in [-0.3, -0.25) is 19.6 Å². The minimum Gasteiger partial charge on any atom is -0.315 e. The number of hydrogen-bond acceptors (Lipinski definition) is 4. The van der Waals surface area contributed by atoms with Crippen molar-refractivity contribution in [3.05, 3.63) is 51.8 Å². The molecule has 7 heteroatoms. The summed E-state index contributed by atoms with van der Waals surface area (Å²) in [6, 6.07) is 6.17. The van der Waals surface area contributed by atoms with Crippen LogP contribution in [-0.4, -0.2) is 20.6 Å². The zero-order valence-electron chi connectivity index (χ0n) is 10.5. The highest BCUT2D eigenvalue weighted by molar-refractivity contribution is 6.04. The van der Waals surface area contributed by atoms with Crippen molar-refractivity contribution in [3.63, 3.8) is 0 Å². The Morgan fingerprint density at radius 1 is 1.42 bits per heavy atom. The molecule has 1 heterocycles. The molecule has 1 aromatic carbocycles. The lowest BCUT2D eigenvalue weighted by Gasteiger charge is -2.06. The van der Waals surface area contributed by atoms with Crippen LogP contribution in [0.1, 0.15) is 16.1 Å². The van der Waals surface area contributed by atoms with Crippen LogP contribution in [0, 0.1) is 17.0 Å². The molecule has 0 bridgehead atoms. The number of aryl methyl sites for hydroxylation is 2. The highest BCUT2D eigenvalue weighted by Crippen LogP contribution is 2.25. The van der Waals surface area contributed by atoms with Crippen molar-refractivity contribution >= 4 is 17.3 Å². The summed E-state index contributed by atoms with van der Waals surface area (Å²) in [6.45, 7) is 1.75. The number of nitrogens with one attached hydrogen (secondary N) is 1. The van der Waals surface area contributed by atoms with Gasteiger partial charge in [-0.1, -0.05) is 6.07 Å². The molecule has 7 nitrogen and oxygen atoms in total. The second-order valence-electron chi connectivity index (χ2n) is 4.07. The third kappa shape index (κ3) is 2.59. The van der Waals surface area contributed by atoms with E-state index in [1.54, 1.807) is 20.0 Å². The lowest BCUT2D eigenvalue weighted by molar-refractivity contribution is -0.384. The molecule has 0 fully saturated rings. The molecule has 1 amide bonds. The van der Waals surface area contributed by atoms with E-state index in [-0.39, 0.29) is 11.4 Å². The number of anilines is 1. The molecule has 0 atom stereocenters. The number of aromatic nitrogens is 2. The second-order valence-corrected chi connectivity index (χ2v) is 4.07. The quantitative estimate of drug-likeness (QED) is 0.674. The molecular weight excluding hydrogens is 248 g/mol. The summed E-state index contributed by atoms with van der Waals surface area (Å²) in [5.74, 6) is -0.438. The molecule has 1 N–H and O–H groups in total. The van der Waals surface area contributed by atoms with Crippen LogP contribution >= 0.6 is 0 Å². The lowest BCUT2D eigenvalue weighted by atomic mass is 10.2. The predicted molar refractivity (Wildman–Crippen MR) is 69.0 cm³/mol. The first kappa shape index (κ1) is 12.7. The van der Waals surface area contributed by atoms with Crippen molar-refractivity contribution in [2.24, 2.45) is 7.05 Å². The number of nitro groups is 1. The zero-order chi connectivity index (χ0) is 14.0. The van der Waals surface area contributed by atoms with Gasteiger partial charge in [0.2, 0.25) is 0 Å². The Morgan fingerprint density at radius 2 is 2.16 bits per heavy atom. The standard InChI is InChI=1S/C12H12N4O3/c1-8-3-4-9(11(7-8)16(18)19)14-12(17)10-5-6-13-15(10)2/h3-7H,1-2H3,(H,14,17). The first-order valence-electron chi connectivity index (χ1n) is 5.53. The van der Waals surface area contributed by atoms with Gasteiger partial charge in [0.15, 0.2) is 0 Å². The van der Waals surface area contributed by atoms with E-state index < -0.39 is 10.8 Å². The van der Waals surface area contributed by atoms with Gasteiger partial charge in [0.25, 0.3) is 11.6 Å². The zero-order valence-corrected chi connectivity index (χ0v) is 10.5. The Balaban J connectivity index is 2.32. The number of nitrogens with zero attached hydrogens (tertiary/aromatic N) is 3. The third-order valence-corrected chi connectivity index (χ3v) is 2.65. The SMILES string of the molecule is Cc1ccc(NC(=O)c2ccnn2C)c([N+](=O)[O-])c1. The molecule has 0 aliphatic carbocycles. The van der Waals surface area contributed by atoms with Crippen LogP contribution in [0.2, 0.25) is 0 Å². The average Bonchev–Trinajstić information content (AvgIpc) is 2.77. The number of carbonyl (C=O) groups is 1. The van der Waals surface area contributed by atoms with Gasteiger partial charge in [-0.15, -0.1) is 0 Å². The van der Waals surface area contributed by atoms with Crippen LogP contribution in [0.4, 0.5) is 11.4 Å². The summed E-state index contributed by atoms with van der Waals surface area (Å²) in [4.78, 5) is 22.4. The van der Waals surface area contributed by atoms with Gasteiger partial charge in [-0.2, -0.15) is 5.10 Å². The summed E-state index contributed by atoms with van der Waals surface area (Å²) in [6.07, 6.45) is 1.48. The monoisotopic (exact) mass is 260 g/mol. The fourth-order valence-electron chi connectivity index (χ4n) is 1.68. The summed E-state index contributed by atoms with van der Waals surface area (Å²) in [5, 5.41) is 17.3. The van der Waals surface area contributed by atoms with Gasteiger partial charge in [-0.05, 0) is 24.6 Å². The maximum atomic E-state index is 12.0. The van der Waals surface area contributed by atoms with Gasteiger partial charge in [0.1, 0.15) is 11.4 Å². The molecule has 2 aromatic rings. The number of hydrogen-bond donors (Lipinski definition) is 1. The van der Waals surface area contributed by atoms with E-state index in [9.17, 15) is 14.9 Å². The van der Waals surface area contributed by atoms with Gasteiger partial charge in [-0.25, -0.2) is 0 Å². The second kappa shape index (κ2) is 4.89. The van der Waals surface area contributed by atoms with Crippen molar-refractivity contribution in [1.29, 1.82) is 0 Å². The first-order chi connectivity index (χ1) is 8.99. The molecule has 0 unspecified atom stereocenters. The van der Waals surface area contributed by atoms with Crippen LogP contribution in [-0.2, 0) is 7.05 Å². The molecule has 0 aliphatic rings. The summed E-state index contributed by atoms with van der Waals surface area (Å²) in [7, 11) is 1.62. The van der Waals surface area contributed by atoms with E-state index in [2.05, 4.69) is 10.4 Å². The van der Waals surface area contributed by atoms with Crippen molar-refractivity contribution < 1.29 is 9.72 Å². The molecule has 19 heavy (non-hydrogen) atoms. The van der Waals surface area contributed by atoms with E-state index in [4.69, 9.17) is 0 Å². The molecule has 0 saturated carbocycles. The van der Waals surface area contributed by atoms with E-state index in [1.807, 2.05) is 0 Å². The highest BCUT2D eigenvalue weighted by atomic mass is 16.6. The van der Waals surface area contributed by atoms with Crippen molar-refractivity contribution in [1.82, 2.24) is 9.78 Å². The Bertz CT molecular complexity index is 648. The molecule has 2 rings (SSSR count). The fraction of sp³-hybridized carbons (Fsp3) is 0.167. The maximum Gasteiger partial charge on any atom is 0.293 e. The molecule has 0 radical (unpaired) electrons. The van der Waals surface area contributed by atoms with Gasteiger partial charge < -0.3 is 5.32 Å². The van der Waals surface area contributed by atoms with Gasteiger partial charge in [0, 0.05) is 19.3 Å². The number of rotatable bonds is 3. The van der Waals surface area contributed by atoms with Crippen LogP contribution in [0.25, 0.3) is 0 Å². The largest absolute Gasteiger partial charge is 0.315 e. The minimum atomic E-state index is -0.522. The van der Waals surface area contributed by atoms with Crippen molar-refractivity contribution in [2.45, 2.75) is 6.92 Å². The van der Waals surface area contributed by atoms with Gasteiger partial charge in [0.05, 0.1) is 4.92 Å². The Hall–Kier alpha value is -2.70. The minimum absolute atomic E-state index is 0.129. The predicted octanol–water partition coefficient (Wildman–Crippen LogP) is 1.89. The average molecular weight is 260 g/mol. The van der Waals surface area contributed by atoms with E-state index >= 15 is 0 Å². The summed E-state index contributed by atoms with van der Waals surface area (Å²) >= 11 is 0. The lowest BCUT2D eigenvalue weighted by Crippen LogP contribution is -2.16. The number of nitro benzene ring substituents is 1. The van der Waals surface area contributed by atoms with Crippen LogP contribution in [0.15, 0.2) is 30.5 Å². The first-order valence-corrected chi connectivity index (χ1v) is 5.53. The van der Waals surface area contributed by atoms with Crippen molar-refractivity contribution in [2.75, 3.05) is 5.32 Å². The Morgan fingerprint density at radius 3 is 2.74 bits per heavy atom. The fourth-order valence-corrected chi connectivity index (χ4v) is 1.68. The van der Waals surface area contributed by atoms with Crippen LogP contribution < -0.4 is 5.32 Å². The topological polar surface area (TPSA) is 90.1 Å². The molecule has 0 spiro atoms. The van der Waals surface area contributed by atoms with E-state index in [0.717, 1.165) is 5.56 Å². The molecule has 0 saturated heterocycles. The Labute approximate surface area is 109 Å². The Kier molecular flexibility index (Phi) is 3.28. The van der Waals surface area contributed by atoms with E-state index in [1.165, 1.54) is 29.1 Å². The maximum absolute atomic E-state index is 12.0. The molecule has 0 aliphatic heterocycles. The van der Waals surface area contributed by atoms with Crippen LogP contribution in [0.3, 0.4) is 0 Å². The van der Waals surface area contributed by atoms with E-state index in [0.29, 0.717) is 5.69 Å². The number of benzene rings is 1. The molecular formula is C12H12N4O3. The third-order valence-electron chi connectivity index (χ3n) is 2.65. The summed E-state index contributed by atoms with van der Waals surface area (Å²) in [5.41, 5.74) is 1.12. The molecule has 1 aromatic heterocycles. The van der Waals surface area contributed by atoms with Crippen LogP contribution in [0.5, 0.6) is 0 Å². The number of carbonyl (C=O) groups excluding carboxylic acids is 1. The normalized spacial score (nSPS) is 10.2. The highest BCUT2D eigenvalue weighted by Gasteiger charge is 2.18. The van der Waals surface area contributed by atoms with Gasteiger partial charge >= 0.3 is 0 Å². The molecule has 98 valence electrons. The summed E-state index contributed by atoms with van der Waals surface area (Å²) < 4.78 is 1.40. The smallest absolute Gasteiger partial charge is 0.293 e. The number of amides is 1.